The number of hydrogen-bond donors (Lipinski definition) is 0. The first-order valence-electron chi connectivity index (χ1n) is 7.65. The molecule has 1 aliphatic rings. The van der Waals surface area contributed by atoms with Gasteiger partial charge in [-0.15, -0.1) is 0 Å². The highest BCUT2D eigenvalue weighted by molar-refractivity contribution is 8.00. The van der Waals surface area contributed by atoms with Crippen LogP contribution in [-0.4, -0.2) is 38.0 Å². The Morgan fingerprint density at radius 2 is 2.13 bits per heavy atom. The van der Waals surface area contributed by atoms with Gasteiger partial charge in [0, 0.05) is 32.8 Å². The monoisotopic (exact) mass is 348 g/mol. The largest absolute Gasteiger partial charge is 0.475 e. The molecular weight excluding hydrogens is 328 g/mol. The van der Waals surface area contributed by atoms with Gasteiger partial charge in [-0.05, 0) is 37.7 Å². The lowest BCUT2D eigenvalue weighted by atomic mass is 10.1. The van der Waals surface area contributed by atoms with E-state index in [9.17, 15) is 4.21 Å². The lowest BCUT2D eigenvalue weighted by molar-refractivity contribution is 0.299. The zero-order chi connectivity index (χ0) is 16.2. The summed E-state index contributed by atoms with van der Waals surface area (Å²) in [5.74, 6) is 1.84. The summed E-state index contributed by atoms with van der Waals surface area (Å²) in [7, 11) is -0.969. The van der Waals surface area contributed by atoms with Crippen LogP contribution in [0.3, 0.4) is 0 Å². The van der Waals surface area contributed by atoms with Crippen molar-refractivity contribution in [1.82, 2.24) is 9.97 Å². The van der Waals surface area contributed by atoms with Crippen molar-refractivity contribution in [3.8, 4) is 17.1 Å². The minimum absolute atomic E-state index is 0.568. The van der Waals surface area contributed by atoms with Crippen LogP contribution in [0.4, 0.5) is 0 Å². The quantitative estimate of drug-likeness (QED) is 0.828. The second-order valence-electron chi connectivity index (χ2n) is 5.57. The highest BCUT2D eigenvalue weighted by Crippen LogP contribution is 2.27. The maximum absolute atomic E-state index is 11.5. The van der Waals surface area contributed by atoms with Crippen LogP contribution in [-0.2, 0) is 10.8 Å². The van der Waals surface area contributed by atoms with Crippen LogP contribution >= 0.6 is 11.8 Å². The molecule has 0 N–H and O–H groups in total. The molecule has 122 valence electrons. The summed E-state index contributed by atoms with van der Waals surface area (Å²) in [6.07, 6.45) is 5.92. The van der Waals surface area contributed by atoms with Crippen molar-refractivity contribution >= 4 is 22.6 Å². The first-order valence-corrected chi connectivity index (χ1v) is 10.3. The van der Waals surface area contributed by atoms with E-state index >= 15 is 0 Å². The summed E-state index contributed by atoms with van der Waals surface area (Å²) in [5.41, 5.74) is 2.54. The van der Waals surface area contributed by atoms with Gasteiger partial charge in [-0.2, -0.15) is 11.8 Å². The molecule has 0 aliphatic carbocycles. The highest BCUT2D eigenvalue weighted by atomic mass is 32.2. The molecule has 2 aromatic rings. The molecule has 0 saturated carbocycles. The van der Waals surface area contributed by atoms with Gasteiger partial charge in [-0.1, -0.05) is 12.1 Å². The molecule has 2 unspecified atom stereocenters. The molecule has 2 heterocycles. The number of thioether (sulfide) groups is 1. The van der Waals surface area contributed by atoms with E-state index in [1.54, 1.807) is 12.5 Å². The number of hydrogen-bond acceptors (Lipinski definition) is 5. The van der Waals surface area contributed by atoms with Gasteiger partial charge in [0.1, 0.15) is 6.61 Å². The molecule has 1 aromatic heterocycles. The van der Waals surface area contributed by atoms with Gasteiger partial charge in [-0.3, -0.25) is 9.19 Å². The van der Waals surface area contributed by atoms with Gasteiger partial charge in [0.15, 0.2) is 0 Å². The SMILES string of the molecule is Cc1ncc(-c2ccc(S(C)=O)cc2)nc1OCC1CCCS1. The summed E-state index contributed by atoms with van der Waals surface area (Å²) in [5, 5.41) is 0.568. The Labute approximate surface area is 143 Å². The molecule has 0 radical (unpaired) electrons. The molecule has 0 spiro atoms. The molecular formula is C17H20N2O2S2. The smallest absolute Gasteiger partial charge is 0.235 e. The summed E-state index contributed by atoms with van der Waals surface area (Å²) < 4.78 is 17.4. The van der Waals surface area contributed by atoms with Crippen LogP contribution in [0, 0.1) is 6.92 Å². The van der Waals surface area contributed by atoms with Crippen LogP contribution < -0.4 is 4.74 Å². The molecule has 0 amide bonds. The Bertz CT molecular complexity index is 698. The minimum atomic E-state index is -0.969. The first-order chi connectivity index (χ1) is 11.1. The Hall–Kier alpha value is -1.40. The van der Waals surface area contributed by atoms with Crippen molar-refractivity contribution in [2.24, 2.45) is 0 Å². The number of benzene rings is 1. The van der Waals surface area contributed by atoms with E-state index in [4.69, 9.17) is 4.74 Å². The van der Waals surface area contributed by atoms with E-state index in [0.29, 0.717) is 17.7 Å². The molecule has 1 aromatic carbocycles. The Kier molecular flexibility index (Phi) is 5.33. The van der Waals surface area contributed by atoms with Gasteiger partial charge >= 0.3 is 0 Å². The second kappa shape index (κ2) is 7.45. The van der Waals surface area contributed by atoms with Crippen molar-refractivity contribution in [2.45, 2.75) is 29.9 Å². The standard InChI is InChI=1S/C17H20N2O2S2/c1-12-17(21-11-14-4-3-9-22-14)19-16(10-18-12)13-5-7-15(8-6-13)23(2)20/h5-8,10,14H,3-4,9,11H2,1-2H3. The van der Waals surface area contributed by atoms with Crippen LogP contribution in [0.5, 0.6) is 5.88 Å². The highest BCUT2D eigenvalue weighted by Gasteiger charge is 2.17. The van der Waals surface area contributed by atoms with E-state index in [1.165, 1.54) is 18.6 Å². The first kappa shape index (κ1) is 16.5. The third kappa shape index (κ3) is 4.12. The van der Waals surface area contributed by atoms with E-state index in [2.05, 4.69) is 9.97 Å². The average molecular weight is 348 g/mol. The molecule has 6 heteroatoms. The summed E-state index contributed by atoms with van der Waals surface area (Å²) in [4.78, 5) is 9.82. The normalized spacial score (nSPS) is 18.8. The molecule has 1 aliphatic heterocycles. The van der Waals surface area contributed by atoms with E-state index in [0.717, 1.165) is 21.8 Å². The molecule has 0 bridgehead atoms. The van der Waals surface area contributed by atoms with Crippen LogP contribution in [0.2, 0.25) is 0 Å². The molecule has 2 atom stereocenters. The molecule has 1 fully saturated rings. The van der Waals surface area contributed by atoms with Crippen LogP contribution in [0.1, 0.15) is 18.5 Å². The van der Waals surface area contributed by atoms with Gasteiger partial charge in [-0.25, -0.2) is 4.98 Å². The van der Waals surface area contributed by atoms with Crippen LogP contribution in [0.15, 0.2) is 35.4 Å². The Morgan fingerprint density at radius 1 is 1.35 bits per heavy atom. The zero-order valence-electron chi connectivity index (χ0n) is 13.3. The predicted molar refractivity (Wildman–Crippen MR) is 95.5 cm³/mol. The fourth-order valence-electron chi connectivity index (χ4n) is 2.47. The topological polar surface area (TPSA) is 52.1 Å². The van der Waals surface area contributed by atoms with Crippen molar-refractivity contribution in [3.05, 3.63) is 36.2 Å². The van der Waals surface area contributed by atoms with Gasteiger partial charge in [0.2, 0.25) is 5.88 Å². The maximum atomic E-state index is 11.5. The maximum Gasteiger partial charge on any atom is 0.235 e. The molecule has 1 saturated heterocycles. The lowest BCUT2D eigenvalue weighted by Crippen LogP contribution is -2.12. The van der Waals surface area contributed by atoms with Crippen molar-refractivity contribution in [2.75, 3.05) is 18.6 Å². The third-order valence-corrected chi connectivity index (χ3v) is 6.13. The number of ether oxygens (including phenoxy) is 1. The number of nitrogens with zero attached hydrogens (tertiary/aromatic N) is 2. The number of rotatable bonds is 5. The molecule has 4 nitrogen and oxygen atoms in total. The van der Waals surface area contributed by atoms with E-state index < -0.39 is 10.8 Å². The predicted octanol–water partition coefficient (Wildman–Crippen LogP) is 3.46. The second-order valence-corrected chi connectivity index (χ2v) is 8.36. The summed E-state index contributed by atoms with van der Waals surface area (Å²) in [6, 6.07) is 7.57. The zero-order valence-corrected chi connectivity index (χ0v) is 15.0. The van der Waals surface area contributed by atoms with Crippen LogP contribution in [0.25, 0.3) is 11.3 Å². The Balaban J connectivity index is 1.77. The van der Waals surface area contributed by atoms with Gasteiger partial charge in [0.05, 0.1) is 17.6 Å². The van der Waals surface area contributed by atoms with Gasteiger partial charge in [0.25, 0.3) is 0 Å². The van der Waals surface area contributed by atoms with Crippen molar-refractivity contribution in [3.63, 3.8) is 0 Å². The molecule has 3 rings (SSSR count). The number of aromatic nitrogens is 2. The van der Waals surface area contributed by atoms with E-state index in [1.807, 2.05) is 43.0 Å². The average Bonchev–Trinajstić information content (AvgIpc) is 3.07. The number of aryl methyl sites for hydroxylation is 1. The molecule has 23 heavy (non-hydrogen) atoms. The fourth-order valence-corrected chi connectivity index (χ4v) is 4.16. The minimum Gasteiger partial charge on any atom is -0.475 e. The van der Waals surface area contributed by atoms with Gasteiger partial charge < -0.3 is 4.74 Å². The fraction of sp³-hybridized carbons (Fsp3) is 0.412. The summed E-state index contributed by atoms with van der Waals surface area (Å²) >= 11 is 1.97. The third-order valence-electron chi connectivity index (χ3n) is 3.82. The summed E-state index contributed by atoms with van der Waals surface area (Å²) in [6.45, 7) is 2.61. The van der Waals surface area contributed by atoms with E-state index in [-0.39, 0.29) is 0 Å². The van der Waals surface area contributed by atoms with Crippen molar-refractivity contribution < 1.29 is 8.95 Å². The Morgan fingerprint density at radius 3 is 2.78 bits per heavy atom. The van der Waals surface area contributed by atoms with Crippen molar-refractivity contribution in [1.29, 1.82) is 0 Å². The lowest BCUT2D eigenvalue weighted by Gasteiger charge is -2.12.